The molecule has 0 spiro atoms. The Balaban J connectivity index is 0.00000441. The summed E-state index contributed by atoms with van der Waals surface area (Å²) in [5.74, 6) is -3.15. The maximum atomic E-state index is 11.8. The Hall–Kier alpha value is -2.74. The number of halogens is 1. The molecular weight excluding hydrogens is 320 g/mol. The van der Waals surface area contributed by atoms with E-state index in [-0.39, 0.29) is 23.5 Å². The molecule has 22 heavy (non-hydrogen) atoms. The number of methoxy groups -OCH3 is 2. The molecule has 1 aromatic rings. The summed E-state index contributed by atoms with van der Waals surface area (Å²) in [5, 5.41) is 18.3. The van der Waals surface area contributed by atoms with Crippen molar-refractivity contribution in [3.8, 4) is 11.5 Å². The zero-order valence-electron chi connectivity index (χ0n) is 11.6. The van der Waals surface area contributed by atoms with Crippen molar-refractivity contribution in [2.45, 2.75) is 0 Å². The minimum absolute atomic E-state index is 0. The number of carbonyl (C=O) groups is 3. The molecule has 0 unspecified atom stereocenters. The molecule has 120 valence electrons. The summed E-state index contributed by atoms with van der Waals surface area (Å²) in [6.45, 7) is 0. The van der Waals surface area contributed by atoms with Crippen LogP contribution in [-0.2, 0) is 14.3 Å². The number of benzene rings is 1. The number of aliphatic carboxylic acids is 1. The van der Waals surface area contributed by atoms with Crippen molar-refractivity contribution in [2.24, 2.45) is 0 Å². The second-order valence-electron chi connectivity index (χ2n) is 3.60. The van der Waals surface area contributed by atoms with Crippen LogP contribution in [0.25, 0.3) is 6.08 Å². The quantitative estimate of drug-likeness (QED) is 0.487. The van der Waals surface area contributed by atoms with E-state index < -0.39 is 29.6 Å². The molecule has 0 amide bonds. The standard InChI is InChI=1S/C13H12O8.ClH/c1-19-12(17)10-7(4-6-9(15)16)3-5-8(14)11(10)21-13(18)20-2;/h3-6,14H,1-2H3,(H,15,16);1H. The summed E-state index contributed by atoms with van der Waals surface area (Å²) in [7, 11) is 2.13. The van der Waals surface area contributed by atoms with Gasteiger partial charge in [0.15, 0.2) is 11.5 Å². The largest absolute Gasteiger partial charge is 0.513 e. The molecule has 0 aliphatic carbocycles. The van der Waals surface area contributed by atoms with Crippen molar-refractivity contribution >= 4 is 36.6 Å². The van der Waals surface area contributed by atoms with Crippen molar-refractivity contribution in [1.29, 1.82) is 0 Å². The van der Waals surface area contributed by atoms with E-state index in [1.807, 2.05) is 0 Å². The Bertz CT molecular complexity index is 608. The summed E-state index contributed by atoms with van der Waals surface area (Å²) in [6.07, 6.45) is 0.716. The third kappa shape index (κ3) is 4.67. The highest BCUT2D eigenvalue weighted by Crippen LogP contribution is 2.34. The topological polar surface area (TPSA) is 119 Å². The fraction of sp³-hybridized carbons (Fsp3) is 0.154. The third-order valence-electron chi connectivity index (χ3n) is 2.32. The number of aromatic hydroxyl groups is 1. The lowest BCUT2D eigenvalue weighted by molar-refractivity contribution is -0.131. The molecular formula is C13H13ClO8. The van der Waals surface area contributed by atoms with Crippen molar-refractivity contribution in [3.05, 3.63) is 29.3 Å². The SMILES string of the molecule is COC(=O)Oc1c(O)ccc(C=CC(=O)O)c1C(=O)OC.Cl. The lowest BCUT2D eigenvalue weighted by atomic mass is 10.0. The molecule has 2 N–H and O–H groups in total. The molecule has 1 rings (SSSR count). The monoisotopic (exact) mass is 332 g/mol. The molecule has 0 aliphatic rings. The van der Waals surface area contributed by atoms with Gasteiger partial charge in [-0.2, -0.15) is 0 Å². The fourth-order valence-electron chi connectivity index (χ4n) is 1.43. The summed E-state index contributed by atoms with van der Waals surface area (Å²) < 4.78 is 13.5. The smallest absolute Gasteiger partial charge is 0.504 e. The molecule has 0 atom stereocenters. The van der Waals surface area contributed by atoms with Crippen LogP contribution in [0.4, 0.5) is 4.79 Å². The highest BCUT2D eigenvalue weighted by Gasteiger charge is 2.23. The van der Waals surface area contributed by atoms with Gasteiger partial charge in [-0.25, -0.2) is 14.4 Å². The van der Waals surface area contributed by atoms with Crippen LogP contribution in [-0.4, -0.2) is 42.5 Å². The maximum absolute atomic E-state index is 11.8. The first kappa shape index (κ1) is 19.3. The van der Waals surface area contributed by atoms with Gasteiger partial charge in [0.1, 0.15) is 5.56 Å². The molecule has 0 radical (unpaired) electrons. The van der Waals surface area contributed by atoms with Crippen LogP contribution in [0.5, 0.6) is 11.5 Å². The van der Waals surface area contributed by atoms with Gasteiger partial charge in [-0.05, 0) is 17.7 Å². The van der Waals surface area contributed by atoms with E-state index >= 15 is 0 Å². The van der Waals surface area contributed by atoms with E-state index in [0.29, 0.717) is 0 Å². The summed E-state index contributed by atoms with van der Waals surface area (Å²) in [4.78, 5) is 33.5. The average Bonchev–Trinajstić information content (AvgIpc) is 2.46. The van der Waals surface area contributed by atoms with Crippen molar-refractivity contribution in [3.63, 3.8) is 0 Å². The number of phenols is 1. The van der Waals surface area contributed by atoms with E-state index in [1.165, 1.54) is 6.07 Å². The Morgan fingerprint density at radius 3 is 2.27 bits per heavy atom. The predicted octanol–water partition coefficient (Wildman–Crippen LogP) is 1.84. The molecule has 0 fully saturated rings. The van der Waals surface area contributed by atoms with Crippen LogP contribution in [0.2, 0.25) is 0 Å². The third-order valence-corrected chi connectivity index (χ3v) is 2.32. The van der Waals surface area contributed by atoms with Gasteiger partial charge in [-0.3, -0.25) is 0 Å². The minimum atomic E-state index is -1.24. The Labute approximate surface area is 131 Å². The Morgan fingerprint density at radius 1 is 1.14 bits per heavy atom. The molecule has 9 heteroatoms. The summed E-state index contributed by atoms with van der Waals surface area (Å²) in [6, 6.07) is 2.40. The first-order chi connectivity index (χ1) is 9.90. The van der Waals surface area contributed by atoms with Crippen LogP contribution < -0.4 is 4.74 Å². The van der Waals surface area contributed by atoms with Gasteiger partial charge >= 0.3 is 18.1 Å². The molecule has 0 saturated carbocycles. The summed E-state index contributed by atoms with van der Waals surface area (Å²) >= 11 is 0. The molecule has 0 bridgehead atoms. The van der Waals surface area contributed by atoms with E-state index in [9.17, 15) is 19.5 Å². The van der Waals surface area contributed by atoms with Crippen LogP contribution in [0, 0.1) is 0 Å². The zero-order chi connectivity index (χ0) is 16.0. The molecule has 8 nitrogen and oxygen atoms in total. The first-order valence-electron chi connectivity index (χ1n) is 5.51. The molecule has 0 aliphatic heterocycles. The molecule has 0 saturated heterocycles. The Kier molecular flexibility index (Phi) is 7.46. The summed E-state index contributed by atoms with van der Waals surface area (Å²) in [5.41, 5.74) is -0.221. The van der Waals surface area contributed by atoms with Gasteiger partial charge < -0.3 is 24.4 Å². The van der Waals surface area contributed by atoms with Crippen LogP contribution in [0.15, 0.2) is 18.2 Å². The number of phenolic OH excluding ortho intramolecular Hbond substituents is 1. The minimum Gasteiger partial charge on any atom is -0.504 e. The average molecular weight is 333 g/mol. The number of rotatable bonds is 4. The lowest BCUT2D eigenvalue weighted by Gasteiger charge is -2.12. The number of hydrogen-bond acceptors (Lipinski definition) is 7. The van der Waals surface area contributed by atoms with Gasteiger partial charge in [0.05, 0.1) is 14.2 Å². The van der Waals surface area contributed by atoms with Gasteiger partial charge in [0.25, 0.3) is 0 Å². The van der Waals surface area contributed by atoms with E-state index in [4.69, 9.17) is 9.84 Å². The lowest BCUT2D eigenvalue weighted by Crippen LogP contribution is -2.13. The van der Waals surface area contributed by atoms with Crippen LogP contribution in [0.3, 0.4) is 0 Å². The molecule has 0 heterocycles. The number of carboxylic acid groups (broad SMARTS) is 1. The van der Waals surface area contributed by atoms with Gasteiger partial charge in [0.2, 0.25) is 0 Å². The zero-order valence-corrected chi connectivity index (χ0v) is 12.4. The van der Waals surface area contributed by atoms with Gasteiger partial charge in [-0.15, -0.1) is 12.4 Å². The normalized spacial score (nSPS) is 9.73. The fourth-order valence-corrected chi connectivity index (χ4v) is 1.43. The highest BCUT2D eigenvalue weighted by atomic mass is 35.5. The molecule has 1 aromatic carbocycles. The number of carbonyl (C=O) groups excluding carboxylic acids is 2. The number of ether oxygens (including phenoxy) is 3. The number of carboxylic acids is 1. The number of esters is 1. The molecule has 0 aromatic heterocycles. The van der Waals surface area contributed by atoms with Gasteiger partial charge in [-0.1, -0.05) is 6.07 Å². The van der Waals surface area contributed by atoms with Crippen LogP contribution in [0.1, 0.15) is 15.9 Å². The van der Waals surface area contributed by atoms with Crippen molar-refractivity contribution in [1.82, 2.24) is 0 Å². The van der Waals surface area contributed by atoms with E-state index in [0.717, 1.165) is 32.4 Å². The van der Waals surface area contributed by atoms with Crippen LogP contribution >= 0.6 is 12.4 Å². The second-order valence-corrected chi connectivity index (χ2v) is 3.60. The number of hydrogen-bond donors (Lipinski definition) is 2. The van der Waals surface area contributed by atoms with E-state index in [2.05, 4.69) is 9.47 Å². The highest BCUT2D eigenvalue weighted by molar-refractivity contribution is 5.99. The van der Waals surface area contributed by atoms with Gasteiger partial charge in [0, 0.05) is 6.08 Å². The van der Waals surface area contributed by atoms with Crippen molar-refractivity contribution < 1.29 is 38.8 Å². The maximum Gasteiger partial charge on any atom is 0.513 e. The Morgan fingerprint density at radius 2 is 1.77 bits per heavy atom. The second kappa shape index (κ2) is 8.53. The predicted molar refractivity (Wildman–Crippen MR) is 76.4 cm³/mol. The van der Waals surface area contributed by atoms with Crippen molar-refractivity contribution in [2.75, 3.05) is 14.2 Å². The first-order valence-corrected chi connectivity index (χ1v) is 5.51. The van der Waals surface area contributed by atoms with E-state index in [1.54, 1.807) is 0 Å².